The van der Waals surface area contributed by atoms with Crippen LogP contribution in [0.3, 0.4) is 0 Å². The van der Waals surface area contributed by atoms with Crippen molar-refractivity contribution in [3.05, 3.63) is 0 Å². The van der Waals surface area contributed by atoms with Crippen LogP contribution in [0.15, 0.2) is 0 Å². The minimum atomic E-state index is -0.750. The zero-order valence-electron chi connectivity index (χ0n) is 18.2. The average Bonchev–Trinajstić information content (AvgIpc) is 2.62. The first-order valence-electron chi connectivity index (χ1n) is 10.0. The lowest BCUT2D eigenvalue weighted by Crippen LogP contribution is -2.70. The van der Waals surface area contributed by atoms with Crippen LogP contribution in [0, 0.1) is 5.92 Å². The summed E-state index contributed by atoms with van der Waals surface area (Å²) in [5.74, 6) is 0.447. The number of nitrogens with one attached hydrogen (secondary N) is 3. The highest BCUT2D eigenvalue weighted by atomic mass is 33.1. The lowest BCUT2D eigenvalue weighted by Gasteiger charge is -2.44. The summed E-state index contributed by atoms with van der Waals surface area (Å²) in [5.41, 5.74) is -1.19. The van der Waals surface area contributed by atoms with Crippen molar-refractivity contribution in [2.24, 2.45) is 5.92 Å². The monoisotopic (exact) mass is 463 g/mol. The van der Waals surface area contributed by atoms with Gasteiger partial charge in [-0.25, -0.2) is 4.79 Å². The molecule has 9 nitrogen and oxygen atoms in total. The maximum atomic E-state index is 12.7. The zero-order valence-corrected chi connectivity index (χ0v) is 19.9. The summed E-state index contributed by atoms with van der Waals surface area (Å²) in [6.07, 6.45) is -0.641. The zero-order chi connectivity index (χ0) is 22.4. The molecule has 0 aromatic rings. The van der Waals surface area contributed by atoms with Gasteiger partial charge in [-0.1, -0.05) is 35.4 Å². The van der Waals surface area contributed by atoms with E-state index in [0.717, 1.165) is 0 Å². The van der Waals surface area contributed by atoms with Gasteiger partial charge in [-0.15, -0.1) is 0 Å². The van der Waals surface area contributed by atoms with Crippen LogP contribution in [0.25, 0.3) is 0 Å². The summed E-state index contributed by atoms with van der Waals surface area (Å²) < 4.78 is 16.0. The fourth-order valence-electron chi connectivity index (χ4n) is 2.72. The van der Waals surface area contributed by atoms with Gasteiger partial charge in [0.25, 0.3) is 0 Å². The third-order valence-corrected chi connectivity index (χ3v) is 6.66. The summed E-state index contributed by atoms with van der Waals surface area (Å²) >= 11 is 0. The molecule has 0 aliphatic carbocycles. The minimum Gasteiger partial charge on any atom is -0.464 e. The Hall–Kier alpha value is -1.17. The summed E-state index contributed by atoms with van der Waals surface area (Å²) in [6.45, 7) is 10.7. The predicted octanol–water partition coefficient (Wildman–Crippen LogP) is 1.32. The van der Waals surface area contributed by atoms with E-state index in [2.05, 4.69) is 16.0 Å². The van der Waals surface area contributed by atoms with Gasteiger partial charge in [0, 0.05) is 18.1 Å². The fraction of sp³-hybridized carbons (Fsp3) is 0.842. The molecule has 3 N–H and O–H groups in total. The van der Waals surface area contributed by atoms with Crippen molar-refractivity contribution in [1.29, 1.82) is 0 Å². The predicted molar refractivity (Wildman–Crippen MR) is 117 cm³/mol. The van der Waals surface area contributed by atoms with Gasteiger partial charge in [0.15, 0.2) is 0 Å². The largest absolute Gasteiger partial charge is 0.464 e. The molecule has 2 amide bonds. The van der Waals surface area contributed by atoms with E-state index in [1.807, 2.05) is 13.8 Å². The highest BCUT2D eigenvalue weighted by Crippen LogP contribution is 2.26. The van der Waals surface area contributed by atoms with Gasteiger partial charge in [0.05, 0.1) is 25.4 Å². The van der Waals surface area contributed by atoms with Crippen molar-refractivity contribution in [2.45, 2.75) is 57.8 Å². The Balaban J connectivity index is 2.04. The Morgan fingerprint density at radius 3 is 2.50 bits per heavy atom. The lowest BCUT2D eigenvalue weighted by molar-refractivity contribution is -0.150. The molecule has 2 rings (SSSR count). The number of hydrogen-bond donors (Lipinski definition) is 3. The molecule has 2 saturated heterocycles. The maximum absolute atomic E-state index is 12.7. The molecule has 2 aliphatic rings. The molecular weight excluding hydrogens is 430 g/mol. The Kier molecular flexibility index (Phi) is 9.13. The first kappa shape index (κ1) is 25.1. The normalized spacial score (nSPS) is 24.9. The van der Waals surface area contributed by atoms with Crippen LogP contribution in [0.4, 0.5) is 4.79 Å². The number of esters is 1. The second kappa shape index (κ2) is 10.9. The molecule has 2 heterocycles. The van der Waals surface area contributed by atoms with Crippen molar-refractivity contribution >= 4 is 39.6 Å². The van der Waals surface area contributed by atoms with Crippen molar-refractivity contribution in [3.63, 3.8) is 0 Å². The molecule has 2 atom stereocenters. The van der Waals surface area contributed by atoms with Crippen molar-refractivity contribution < 1.29 is 28.6 Å². The second-order valence-electron chi connectivity index (χ2n) is 8.98. The molecule has 0 unspecified atom stereocenters. The molecule has 2 aliphatic heterocycles. The number of rotatable bonds is 4. The van der Waals surface area contributed by atoms with Crippen molar-refractivity contribution in [3.8, 4) is 0 Å². The van der Waals surface area contributed by atoms with E-state index in [0.29, 0.717) is 31.3 Å². The molecule has 0 aromatic carbocycles. The standard InChI is InChI=1S/C19H33N3O6S2/c1-12(2)6-27-16(24)14-8-30-29-7-13(21-17(25)28-18(3,4)5)15(23)20-9-19(22-14)10-26-11-19/h12-14,22H,6-11H2,1-5H3,(H,20,23)(H,21,25)/t13-,14-/m0/s1. The quantitative estimate of drug-likeness (QED) is 0.419. The molecule has 172 valence electrons. The van der Waals surface area contributed by atoms with E-state index in [4.69, 9.17) is 14.2 Å². The molecule has 2 fully saturated rings. The average molecular weight is 464 g/mol. The molecular formula is C19H33N3O6S2. The third-order valence-electron chi connectivity index (χ3n) is 4.24. The van der Waals surface area contributed by atoms with Gasteiger partial charge in [-0.3, -0.25) is 14.9 Å². The number of ether oxygens (including phenoxy) is 3. The SMILES string of the molecule is CC(C)COC(=O)[C@@H]1CSSC[C@H](NC(=O)OC(C)(C)C)C(=O)NCC2(COC2)N1. The molecule has 0 bridgehead atoms. The number of alkyl carbamates (subject to hydrolysis) is 1. The summed E-state index contributed by atoms with van der Waals surface area (Å²) in [5, 5.41) is 8.85. The fourth-order valence-corrected chi connectivity index (χ4v) is 5.03. The smallest absolute Gasteiger partial charge is 0.408 e. The Morgan fingerprint density at radius 2 is 1.93 bits per heavy atom. The summed E-state index contributed by atoms with van der Waals surface area (Å²) in [7, 11) is 2.86. The van der Waals surface area contributed by atoms with Gasteiger partial charge in [0.1, 0.15) is 17.7 Å². The maximum Gasteiger partial charge on any atom is 0.408 e. The molecule has 0 aromatic heterocycles. The van der Waals surface area contributed by atoms with Gasteiger partial charge in [-0.2, -0.15) is 0 Å². The van der Waals surface area contributed by atoms with Crippen LogP contribution in [0.2, 0.25) is 0 Å². The highest BCUT2D eigenvalue weighted by molar-refractivity contribution is 8.76. The molecule has 30 heavy (non-hydrogen) atoms. The van der Waals surface area contributed by atoms with E-state index in [1.165, 1.54) is 21.6 Å². The van der Waals surface area contributed by atoms with Crippen LogP contribution in [-0.4, -0.2) is 79.1 Å². The van der Waals surface area contributed by atoms with Gasteiger partial charge < -0.3 is 24.8 Å². The van der Waals surface area contributed by atoms with Crippen molar-refractivity contribution in [2.75, 3.05) is 37.9 Å². The molecule has 11 heteroatoms. The minimum absolute atomic E-state index is 0.249. The molecule has 0 radical (unpaired) electrons. The Bertz CT molecular complexity index is 622. The van der Waals surface area contributed by atoms with Gasteiger partial charge in [-0.05, 0) is 26.7 Å². The van der Waals surface area contributed by atoms with E-state index in [9.17, 15) is 14.4 Å². The van der Waals surface area contributed by atoms with E-state index >= 15 is 0 Å². The second-order valence-corrected chi connectivity index (χ2v) is 11.5. The highest BCUT2D eigenvalue weighted by Gasteiger charge is 2.43. The molecule has 1 spiro atoms. The van der Waals surface area contributed by atoms with E-state index < -0.39 is 29.3 Å². The third kappa shape index (κ3) is 8.16. The first-order chi connectivity index (χ1) is 14.0. The number of hydrogen-bond acceptors (Lipinski definition) is 9. The first-order valence-corrected chi connectivity index (χ1v) is 12.5. The van der Waals surface area contributed by atoms with Crippen molar-refractivity contribution in [1.82, 2.24) is 16.0 Å². The number of carbonyl (C=O) groups is 3. The van der Waals surface area contributed by atoms with E-state index in [1.54, 1.807) is 20.8 Å². The number of carbonyl (C=O) groups excluding carboxylic acids is 3. The lowest BCUT2D eigenvalue weighted by atomic mass is 9.95. The number of amides is 2. The summed E-state index contributed by atoms with van der Waals surface area (Å²) in [6, 6.07) is -1.27. The Morgan fingerprint density at radius 1 is 1.27 bits per heavy atom. The topological polar surface area (TPSA) is 115 Å². The van der Waals surface area contributed by atoms with Crippen LogP contribution in [0.5, 0.6) is 0 Å². The van der Waals surface area contributed by atoms with Crippen LogP contribution >= 0.6 is 21.6 Å². The van der Waals surface area contributed by atoms with Gasteiger partial charge in [0.2, 0.25) is 5.91 Å². The van der Waals surface area contributed by atoms with E-state index in [-0.39, 0.29) is 24.3 Å². The Labute approximate surface area is 185 Å². The van der Waals surface area contributed by atoms with Gasteiger partial charge >= 0.3 is 12.1 Å². The van der Waals surface area contributed by atoms with Crippen LogP contribution in [0.1, 0.15) is 34.6 Å². The van der Waals surface area contributed by atoms with Crippen LogP contribution < -0.4 is 16.0 Å². The molecule has 0 saturated carbocycles. The van der Waals surface area contributed by atoms with Crippen LogP contribution in [-0.2, 0) is 23.8 Å². The summed E-state index contributed by atoms with van der Waals surface area (Å²) in [4.78, 5) is 37.4.